The van der Waals surface area contributed by atoms with Gasteiger partial charge < -0.3 is 16.0 Å². The molecule has 4 nitrogen and oxygen atoms in total. The zero-order valence-electron chi connectivity index (χ0n) is 14.5. The topological polar surface area (TPSA) is 81.5 Å². The second-order valence-corrected chi connectivity index (χ2v) is 5.61. The number of hydrogen-bond acceptors (Lipinski definition) is 4. The summed E-state index contributed by atoms with van der Waals surface area (Å²) >= 11 is 0. The van der Waals surface area contributed by atoms with Gasteiger partial charge in [-0.2, -0.15) is 0 Å². The highest BCUT2D eigenvalue weighted by atomic mass is 16.5. The van der Waals surface area contributed by atoms with Gasteiger partial charge in [0.15, 0.2) is 0 Å². The first kappa shape index (κ1) is 23.4. The van der Waals surface area contributed by atoms with Crippen LogP contribution in [0, 0.1) is 0 Å². The maximum absolute atomic E-state index is 10.7. The molecule has 0 heterocycles. The van der Waals surface area contributed by atoms with Crippen molar-refractivity contribution in [1.29, 1.82) is 0 Å². The van der Waals surface area contributed by atoms with E-state index in [4.69, 9.17) is 9.84 Å². The average Bonchev–Trinajstić information content (AvgIpc) is 2.50. The summed E-state index contributed by atoms with van der Waals surface area (Å²) in [6.07, 6.45) is 19.6. The minimum absolute atomic E-state index is 0. The van der Waals surface area contributed by atoms with E-state index in [9.17, 15) is 4.79 Å². The Labute approximate surface area is 136 Å². The molecule has 0 aromatic heterocycles. The van der Waals surface area contributed by atoms with Crippen LogP contribution in [0.25, 0.3) is 0 Å². The lowest BCUT2D eigenvalue weighted by atomic mass is 10.1. The molecule has 0 aromatic carbocycles. The van der Waals surface area contributed by atoms with Gasteiger partial charge in [-0.25, -0.2) is 4.79 Å². The van der Waals surface area contributed by atoms with Gasteiger partial charge in [-0.1, -0.05) is 64.0 Å². The second kappa shape index (κ2) is 20.1. The van der Waals surface area contributed by atoms with E-state index in [0.717, 1.165) is 12.8 Å². The van der Waals surface area contributed by atoms with Crippen molar-refractivity contribution in [1.82, 2.24) is 6.15 Å². The van der Waals surface area contributed by atoms with Crippen LogP contribution in [0.1, 0.15) is 84.0 Å². The molecule has 0 fully saturated rings. The van der Waals surface area contributed by atoms with Crippen LogP contribution in [-0.4, -0.2) is 24.3 Å². The first-order chi connectivity index (χ1) is 10.3. The summed E-state index contributed by atoms with van der Waals surface area (Å²) in [5, 5.41) is 8.47. The summed E-state index contributed by atoms with van der Waals surface area (Å²) in [5.41, 5.74) is 0. The Balaban J connectivity index is 0. The van der Waals surface area contributed by atoms with E-state index in [1.54, 1.807) is 0 Å². The van der Waals surface area contributed by atoms with Crippen molar-refractivity contribution >= 4 is 5.97 Å². The molecule has 0 aliphatic heterocycles. The predicted molar refractivity (Wildman–Crippen MR) is 93.3 cm³/mol. The highest BCUT2D eigenvalue weighted by molar-refractivity contribution is 5.70. The van der Waals surface area contributed by atoms with Gasteiger partial charge in [-0.15, -0.1) is 0 Å². The summed E-state index contributed by atoms with van der Waals surface area (Å²) in [4.78, 5) is 10.7. The SMILES string of the molecule is CCCCCC/C=C\CCCCCCCCOC(=O)CO.N. The lowest BCUT2D eigenvalue weighted by Gasteiger charge is -2.02. The molecule has 0 radical (unpaired) electrons. The number of carbonyl (C=O) groups excluding carboxylic acids is 1. The van der Waals surface area contributed by atoms with Crippen molar-refractivity contribution in [2.24, 2.45) is 0 Å². The molecule has 0 amide bonds. The smallest absolute Gasteiger partial charge is 0.331 e. The number of allylic oxidation sites excluding steroid dienone is 2. The Bertz CT molecular complexity index is 255. The van der Waals surface area contributed by atoms with Crippen LogP contribution in [0.2, 0.25) is 0 Å². The molecule has 0 saturated carbocycles. The Morgan fingerprint density at radius 2 is 1.36 bits per heavy atom. The highest BCUT2D eigenvalue weighted by Gasteiger charge is 1.98. The molecule has 4 N–H and O–H groups in total. The Kier molecular flexibility index (Phi) is 21.4. The lowest BCUT2D eigenvalue weighted by molar-refractivity contribution is -0.147. The lowest BCUT2D eigenvalue weighted by Crippen LogP contribution is -2.09. The number of esters is 1. The third-order valence-corrected chi connectivity index (χ3v) is 3.55. The van der Waals surface area contributed by atoms with Crippen molar-refractivity contribution in [3.8, 4) is 0 Å². The van der Waals surface area contributed by atoms with E-state index in [1.807, 2.05) is 0 Å². The third-order valence-electron chi connectivity index (χ3n) is 3.55. The largest absolute Gasteiger partial charge is 0.464 e. The molecule has 0 aromatic rings. The normalized spacial score (nSPS) is 10.6. The molecule has 0 atom stereocenters. The van der Waals surface area contributed by atoms with Crippen molar-refractivity contribution in [3.63, 3.8) is 0 Å². The quantitative estimate of drug-likeness (QED) is 0.255. The minimum Gasteiger partial charge on any atom is -0.464 e. The Morgan fingerprint density at radius 1 is 0.864 bits per heavy atom. The van der Waals surface area contributed by atoms with Crippen LogP contribution >= 0.6 is 0 Å². The predicted octanol–water partition coefficient (Wildman–Crippen LogP) is 4.94. The molecule has 0 bridgehead atoms. The van der Waals surface area contributed by atoms with Crippen molar-refractivity contribution < 1.29 is 14.6 Å². The fourth-order valence-corrected chi connectivity index (χ4v) is 2.23. The third kappa shape index (κ3) is 19.1. The first-order valence-electron chi connectivity index (χ1n) is 8.72. The highest BCUT2D eigenvalue weighted by Crippen LogP contribution is 2.08. The van der Waals surface area contributed by atoms with Gasteiger partial charge in [0.2, 0.25) is 0 Å². The van der Waals surface area contributed by atoms with Crippen LogP contribution in [0.5, 0.6) is 0 Å². The zero-order chi connectivity index (χ0) is 15.6. The number of aliphatic hydroxyl groups is 1. The van der Waals surface area contributed by atoms with E-state index in [-0.39, 0.29) is 6.15 Å². The van der Waals surface area contributed by atoms with E-state index in [1.165, 1.54) is 64.2 Å². The summed E-state index contributed by atoms with van der Waals surface area (Å²) < 4.78 is 4.80. The van der Waals surface area contributed by atoms with Crippen molar-refractivity contribution in [2.45, 2.75) is 84.0 Å². The fourth-order valence-electron chi connectivity index (χ4n) is 2.23. The number of ether oxygens (including phenoxy) is 1. The fraction of sp³-hybridized carbons (Fsp3) is 0.833. The van der Waals surface area contributed by atoms with Crippen LogP contribution in [0.3, 0.4) is 0 Å². The number of aliphatic hydroxyl groups excluding tert-OH is 1. The average molecular weight is 315 g/mol. The number of unbranched alkanes of at least 4 members (excludes halogenated alkanes) is 10. The molecule has 0 aliphatic rings. The van der Waals surface area contributed by atoms with Gasteiger partial charge in [-0.3, -0.25) is 0 Å². The van der Waals surface area contributed by atoms with Gasteiger partial charge in [-0.05, 0) is 32.1 Å². The van der Waals surface area contributed by atoms with E-state index < -0.39 is 12.6 Å². The van der Waals surface area contributed by atoms with Crippen LogP contribution in [-0.2, 0) is 9.53 Å². The summed E-state index contributed by atoms with van der Waals surface area (Å²) in [7, 11) is 0. The van der Waals surface area contributed by atoms with Gasteiger partial charge in [0.25, 0.3) is 0 Å². The maximum atomic E-state index is 10.7. The number of rotatable bonds is 15. The molecule has 0 aliphatic carbocycles. The molecular formula is C18H37NO3. The van der Waals surface area contributed by atoms with Crippen LogP contribution in [0.4, 0.5) is 0 Å². The van der Waals surface area contributed by atoms with Gasteiger partial charge in [0.1, 0.15) is 6.61 Å². The molecular weight excluding hydrogens is 278 g/mol. The van der Waals surface area contributed by atoms with Crippen LogP contribution < -0.4 is 6.15 Å². The monoisotopic (exact) mass is 315 g/mol. The molecule has 132 valence electrons. The van der Waals surface area contributed by atoms with Gasteiger partial charge in [0.05, 0.1) is 6.61 Å². The zero-order valence-corrected chi connectivity index (χ0v) is 14.5. The maximum Gasteiger partial charge on any atom is 0.331 e. The van der Waals surface area contributed by atoms with Gasteiger partial charge >= 0.3 is 5.97 Å². The Hall–Kier alpha value is -0.870. The number of carbonyl (C=O) groups is 1. The molecule has 0 saturated heterocycles. The molecule has 0 rings (SSSR count). The second-order valence-electron chi connectivity index (χ2n) is 5.61. The van der Waals surface area contributed by atoms with E-state index >= 15 is 0 Å². The van der Waals surface area contributed by atoms with Crippen LogP contribution in [0.15, 0.2) is 12.2 Å². The standard InChI is InChI=1S/C18H34O3.H3N/c1-2-3-4-5-6-7-8-9-10-11-12-13-14-15-16-21-18(20)17-19;/h7-8,19H,2-6,9-17H2,1H3;1H3/b8-7-;. The number of hydrogen-bond donors (Lipinski definition) is 2. The molecule has 4 heteroatoms. The van der Waals surface area contributed by atoms with E-state index in [0.29, 0.717) is 6.61 Å². The van der Waals surface area contributed by atoms with Crippen molar-refractivity contribution in [2.75, 3.05) is 13.2 Å². The molecule has 22 heavy (non-hydrogen) atoms. The van der Waals surface area contributed by atoms with E-state index in [2.05, 4.69) is 19.1 Å². The summed E-state index contributed by atoms with van der Waals surface area (Å²) in [6.45, 7) is 2.18. The molecule has 0 unspecified atom stereocenters. The van der Waals surface area contributed by atoms with Crippen molar-refractivity contribution in [3.05, 3.63) is 12.2 Å². The summed E-state index contributed by atoms with van der Waals surface area (Å²) in [5.74, 6) is -0.517. The summed E-state index contributed by atoms with van der Waals surface area (Å²) in [6, 6.07) is 0. The molecule has 0 spiro atoms. The van der Waals surface area contributed by atoms with Gasteiger partial charge in [0, 0.05) is 0 Å². The Morgan fingerprint density at radius 3 is 1.91 bits per heavy atom. The first-order valence-corrected chi connectivity index (χ1v) is 8.72. The minimum atomic E-state index is -0.517.